The van der Waals surface area contributed by atoms with E-state index in [1.54, 1.807) is 0 Å². The molecule has 152 valence electrons. The Balaban J connectivity index is 1.50. The van der Waals surface area contributed by atoms with Gasteiger partial charge < -0.3 is 9.73 Å². The molecule has 2 heterocycles. The third-order valence-electron chi connectivity index (χ3n) is 6.22. The van der Waals surface area contributed by atoms with Crippen LogP contribution in [0.3, 0.4) is 0 Å². The lowest BCUT2D eigenvalue weighted by Crippen LogP contribution is -2.27. The van der Waals surface area contributed by atoms with Gasteiger partial charge in [-0.25, -0.2) is 0 Å². The Kier molecular flexibility index (Phi) is 4.92. The van der Waals surface area contributed by atoms with Crippen molar-refractivity contribution in [2.24, 2.45) is 0 Å². The molecule has 0 amide bonds. The van der Waals surface area contributed by atoms with Crippen LogP contribution in [0.4, 0.5) is 0 Å². The number of rotatable bonds is 4. The molecule has 3 heteroatoms. The molecule has 0 spiro atoms. The summed E-state index contributed by atoms with van der Waals surface area (Å²) in [5, 5.41) is 5.07. The van der Waals surface area contributed by atoms with Crippen LogP contribution in [0.1, 0.15) is 60.1 Å². The minimum absolute atomic E-state index is 0.255. The SMILES string of the molecule is Cc1cc(-c2ccc3oc4c(c3c2)CCCC4NC(C)c2ccccc2)cc(C)n1. The van der Waals surface area contributed by atoms with E-state index >= 15 is 0 Å². The van der Waals surface area contributed by atoms with Gasteiger partial charge in [-0.2, -0.15) is 0 Å². The minimum Gasteiger partial charge on any atom is -0.459 e. The molecule has 0 saturated carbocycles. The highest BCUT2D eigenvalue weighted by Crippen LogP contribution is 2.39. The van der Waals surface area contributed by atoms with Crippen molar-refractivity contribution in [3.8, 4) is 11.1 Å². The Hall–Kier alpha value is -2.91. The van der Waals surface area contributed by atoms with E-state index in [1.165, 1.54) is 34.1 Å². The number of benzene rings is 2. The second-order valence-corrected chi connectivity index (χ2v) is 8.54. The lowest BCUT2D eigenvalue weighted by atomic mass is 9.90. The van der Waals surface area contributed by atoms with Crippen molar-refractivity contribution in [1.29, 1.82) is 0 Å². The fourth-order valence-corrected chi connectivity index (χ4v) is 4.80. The molecule has 0 aliphatic heterocycles. The van der Waals surface area contributed by atoms with Gasteiger partial charge in [0.2, 0.25) is 0 Å². The van der Waals surface area contributed by atoms with Gasteiger partial charge in [-0.05, 0) is 81.0 Å². The third kappa shape index (κ3) is 3.54. The van der Waals surface area contributed by atoms with Crippen molar-refractivity contribution >= 4 is 11.0 Å². The highest BCUT2D eigenvalue weighted by Gasteiger charge is 2.28. The Morgan fingerprint density at radius 1 is 0.967 bits per heavy atom. The maximum atomic E-state index is 6.40. The van der Waals surface area contributed by atoms with Crippen LogP contribution in [0.25, 0.3) is 22.1 Å². The number of hydrogen-bond acceptors (Lipinski definition) is 3. The Bertz CT molecular complexity index is 1170. The number of hydrogen-bond donors (Lipinski definition) is 1. The number of nitrogens with zero attached hydrogens (tertiary/aromatic N) is 1. The molecule has 1 aliphatic rings. The van der Waals surface area contributed by atoms with Crippen molar-refractivity contribution in [1.82, 2.24) is 10.3 Å². The monoisotopic (exact) mass is 396 g/mol. The first-order valence-corrected chi connectivity index (χ1v) is 10.9. The molecule has 0 bridgehead atoms. The van der Waals surface area contributed by atoms with Crippen LogP contribution in [0, 0.1) is 13.8 Å². The molecule has 0 fully saturated rings. The van der Waals surface area contributed by atoms with Gasteiger partial charge in [-0.1, -0.05) is 36.4 Å². The maximum absolute atomic E-state index is 6.40. The summed E-state index contributed by atoms with van der Waals surface area (Å²) in [5.74, 6) is 1.12. The quantitative estimate of drug-likeness (QED) is 0.410. The van der Waals surface area contributed by atoms with Crippen LogP contribution in [-0.2, 0) is 6.42 Å². The molecule has 30 heavy (non-hydrogen) atoms. The largest absolute Gasteiger partial charge is 0.459 e. The van der Waals surface area contributed by atoms with Gasteiger partial charge in [0.1, 0.15) is 11.3 Å². The van der Waals surface area contributed by atoms with Crippen molar-refractivity contribution in [2.75, 3.05) is 0 Å². The van der Waals surface area contributed by atoms with Crippen LogP contribution < -0.4 is 5.32 Å². The Morgan fingerprint density at radius 2 is 1.73 bits per heavy atom. The molecular formula is C27H28N2O. The predicted molar refractivity (Wildman–Crippen MR) is 123 cm³/mol. The normalized spacial score (nSPS) is 17.1. The van der Waals surface area contributed by atoms with Crippen molar-refractivity contribution in [3.63, 3.8) is 0 Å². The summed E-state index contributed by atoms with van der Waals surface area (Å²) in [6, 6.07) is 22.1. The highest BCUT2D eigenvalue weighted by molar-refractivity contribution is 5.87. The predicted octanol–water partition coefficient (Wildman–Crippen LogP) is 6.84. The van der Waals surface area contributed by atoms with E-state index in [0.717, 1.165) is 35.6 Å². The second-order valence-electron chi connectivity index (χ2n) is 8.54. The molecule has 3 nitrogen and oxygen atoms in total. The average Bonchev–Trinajstić information content (AvgIpc) is 3.13. The van der Waals surface area contributed by atoms with Crippen molar-refractivity contribution < 1.29 is 4.42 Å². The standard InChI is InChI=1S/C27H28N2O/c1-17-14-22(15-18(2)28-17)21-12-13-26-24(16-21)23-10-7-11-25(27(23)30-26)29-19(3)20-8-5-4-6-9-20/h4-6,8-9,12-16,19,25,29H,7,10-11H2,1-3H3. The molecule has 2 aromatic carbocycles. The van der Waals surface area contributed by atoms with Crippen LogP contribution in [-0.4, -0.2) is 4.98 Å². The number of furan rings is 1. The zero-order valence-electron chi connectivity index (χ0n) is 17.9. The van der Waals surface area contributed by atoms with E-state index in [-0.39, 0.29) is 12.1 Å². The third-order valence-corrected chi connectivity index (χ3v) is 6.22. The number of nitrogens with one attached hydrogen (secondary N) is 1. The first-order chi connectivity index (χ1) is 14.6. The Morgan fingerprint density at radius 3 is 2.50 bits per heavy atom. The lowest BCUT2D eigenvalue weighted by molar-refractivity contribution is 0.353. The van der Waals surface area contributed by atoms with E-state index in [4.69, 9.17) is 4.42 Å². The number of aromatic nitrogens is 1. The lowest BCUT2D eigenvalue weighted by Gasteiger charge is -2.26. The van der Waals surface area contributed by atoms with Gasteiger partial charge in [0.15, 0.2) is 0 Å². The molecular weight excluding hydrogens is 368 g/mol. The minimum atomic E-state index is 0.255. The Labute approximate surface area is 178 Å². The number of fused-ring (bicyclic) bond motifs is 3. The van der Waals surface area contributed by atoms with Gasteiger partial charge in [-0.3, -0.25) is 4.98 Å². The molecule has 2 aromatic heterocycles. The van der Waals surface area contributed by atoms with E-state index < -0.39 is 0 Å². The molecule has 1 aliphatic carbocycles. The van der Waals surface area contributed by atoms with Crippen molar-refractivity contribution in [3.05, 3.63) is 88.9 Å². The van der Waals surface area contributed by atoms with Crippen LogP contribution in [0.5, 0.6) is 0 Å². The zero-order valence-corrected chi connectivity index (χ0v) is 17.9. The summed E-state index contributed by atoms with van der Waals surface area (Å²) >= 11 is 0. The van der Waals surface area contributed by atoms with Gasteiger partial charge >= 0.3 is 0 Å². The fraction of sp³-hybridized carbons (Fsp3) is 0.296. The van der Waals surface area contributed by atoms with E-state index in [2.05, 4.69) is 91.7 Å². The van der Waals surface area contributed by atoms with E-state index in [0.29, 0.717) is 0 Å². The summed E-state index contributed by atoms with van der Waals surface area (Å²) in [7, 11) is 0. The van der Waals surface area contributed by atoms with Gasteiger partial charge in [0.05, 0.1) is 6.04 Å². The van der Waals surface area contributed by atoms with Crippen LogP contribution in [0.2, 0.25) is 0 Å². The van der Waals surface area contributed by atoms with E-state index in [9.17, 15) is 0 Å². The molecule has 2 atom stereocenters. The molecule has 0 saturated heterocycles. The fourth-order valence-electron chi connectivity index (χ4n) is 4.80. The van der Waals surface area contributed by atoms with E-state index in [1.807, 2.05) is 0 Å². The summed E-state index contributed by atoms with van der Waals surface area (Å²) in [6.45, 7) is 6.34. The maximum Gasteiger partial charge on any atom is 0.134 e. The highest BCUT2D eigenvalue weighted by atomic mass is 16.3. The average molecular weight is 397 g/mol. The topological polar surface area (TPSA) is 38.1 Å². The van der Waals surface area contributed by atoms with Gasteiger partial charge in [-0.15, -0.1) is 0 Å². The number of aryl methyl sites for hydroxylation is 3. The zero-order chi connectivity index (χ0) is 20.7. The molecule has 1 N–H and O–H groups in total. The first-order valence-electron chi connectivity index (χ1n) is 10.9. The molecule has 5 rings (SSSR count). The van der Waals surface area contributed by atoms with Gasteiger partial charge in [0.25, 0.3) is 0 Å². The number of pyridine rings is 1. The molecule has 4 aromatic rings. The molecule has 0 radical (unpaired) electrons. The summed E-state index contributed by atoms with van der Waals surface area (Å²) in [4.78, 5) is 4.52. The summed E-state index contributed by atoms with van der Waals surface area (Å²) in [5.41, 5.74) is 8.24. The van der Waals surface area contributed by atoms with Crippen LogP contribution in [0.15, 0.2) is 65.1 Å². The van der Waals surface area contributed by atoms with Crippen molar-refractivity contribution in [2.45, 2.75) is 52.1 Å². The molecule has 2 unspecified atom stereocenters. The first kappa shape index (κ1) is 19.1. The smallest absolute Gasteiger partial charge is 0.134 e. The summed E-state index contributed by atoms with van der Waals surface area (Å²) < 4.78 is 6.40. The summed E-state index contributed by atoms with van der Waals surface area (Å²) in [6.07, 6.45) is 3.37. The van der Waals surface area contributed by atoms with Gasteiger partial charge in [0, 0.05) is 28.4 Å². The second kappa shape index (κ2) is 7.73. The van der Waals surface area contributed by atoms with Crippen LogP contribution >= 0.6 is 0 Å².